The van der Waals surface area contributed by atoms with E-state index in [1.165, 1.54) is 6.33 Å². The predicted molar refractivity (Wildman–Crippen MR) is 121 cm³/mol. The zero-order valence-corrected chi connectivity index (χ0v) is 18.5. The zero-order valence-electron chi connectivity index (χ0n) is 18.5. The number of anilines is 1. The van der Waals surface area contributed by atoms with E-state index >= 15 is 0 Å². The van der Waals surface area contributed by atoms with Gasteiger partial charge in [0.05, 0.1) is 18.4 Å². The standard InChI is InChI=1S/C22H25N3O2.C2HF3O2/c1-2-3-13-27-19-11-9-17(10-12-19)20-14-22(25-16-24-20)23-15-21(26)18-7-5-4-6-8-18;3-2(4,5)1(6)7/h4-12,14,16,21,26H,2-3,13,15H2,1H3,(H,23,24,25);(H,6,7)/t21-;/m0./s1. The molecule has 0 aliphatic carbocycles. The van der Waals surface area contributed by atoms with Crippen LogP contribution in [0.4, 0.5) is 19.0 Å². The number of rotatable bonds is 9. The molecule has 0 unspecified atom stereocenters. The van der Waals surface area contributed by atoms with Crippen LogP contribution >= 0.6 is 0 Å². The summed E-state index contributed by atoms with van der Waals surface area (Å²) in [7, 11) is 0. The molecular formula is C24H26F3N3O4. The van der Waals surface area contributed by atoms with Crippen LogP contribution in [0.15, 0.2) is 67.0 Å². The Labute approximate surface area is 195 Å². The van der Waals surface area contributed by atoms with Gasteiger partial charge in [0, 0.05) is 18.2 Å². The number of hydrogen-bond donors (Lipinski definition) is 3. The number of ether oxygens (including phenoxy) is 1. The van der Waals surface area contributed by atoms with Crippen LogP contribution in [0.25, 0.3) is 11.3 Å². The molecule has 0 aliphatic rings. The number of aliphatic hydroxyl groups excluding tert-OH is 1. The van der Waals surface area contributed by atoms with Crippen molar-refractivity contribution in [1.82, 2.24) is 9.97 Å². The Balaban J connectivity index is 0.000000509. The van der Waals surface area contributed by atoms with Crippen LogP contribution in [0.5, 0.6) is 5.75 Å². The number of hydrogen-bond acceptors (Lipinski definition) is 6. The molecule has 1 atom stereocenters. The van der Waals surface area contributed by atoms with Crippen molar-refractivity contribution in [2.45, 2.75) is 32.0 Å². The van der Waals surface area contributed by atoms with Crippen LogP contribution in [0.2, 0.25) is 0 Å². The summed E-state index contributed by atoms with van der Waals surface area (Å²) >= 11 is 0. The highest BCUT2D eigenvalue weighted by atomic mass is 19.4. The van der Waals surface area contributed by atoms with Crippen molar-refractivity contribution >= 4 is 11.8 Å². The smallest absolute Gasteiger partial charge is 0.490 e. The normalized spacial score (nSPS) is 11.7. The number of aromatic nitrogens is 2. The first-order chi connectivity index (χ1) is 16.2. The Morgan fingerprint density at radius 2 is 1.74 bits per heavy atom. The van der Waals surface area contributed by atoms with Gasteiger partial charge in [0.25, 0.3) is 0 Å². The van der Waals surface area contributed by atoms with Gasteiger partial charge in [0.15, 0.2) is 0 Å². The van der Waals surface area contributed by atoms with E-state index in [2.05, 4.69) is 22.2 Å². The quantitative estimate of drug-likeness (QED) is 0.368. The summed E-state index contributed by atoms with van der Waals surface area (Å²) < 4.78 is 37.4. The Morgan fingerprint density at radius 3 is 2.32 bits per heavy atom. The number of nitrogens with one attached hydrogen (secondary N) is 1. The van der Waals surface area contributed by atoms with Crippen molar-refractivity contribution in [2.75, 3.05) is 18.5 Å². The number of aliphatic carboxylic acids is 1. The molecule has 3 aromatic rings. The average Bonchev–Trinajstić information content (AvgIpc) is 2.84. The number of alkyl halides is 3. The number of nitrogens with zero attached hydrogens (tertiary/aromatic N) is 2. The molecule has 182 valence electrons. The molecule has 0 bridgehead atoms. The lowest BCUT2D eigenvalue weighted by molar-refractivity contribution is -0.192. The van der Waals surface area contributed by atoms with Gasteiger partial charge >= 0.3 is 12.1 Å². The first-order valence-corrected chi connectivity index (χ1v) is 10.5. The minimum absolute atomic E-state index is 0.380. The molecule has 0 radical (unpaired) electrons. The van der Waals surface area contributed by atoms with Gasteiger partial charge in [0.2, 0.25) is 0 Å². The average molecular weight is 477 g/mol. The topological polar surface area (TPSA) is 105 Å². The summed E-state index contributed by atoms with van der Waals surface area (Å²) in [6.07, 6.45) is -1.98. The summed E-state index contributed by atoms with van der Waals surface area (Å²) in [5.74, 6) is -1.21. The molecular weight excluding hydrogens is 451 g/mol. The van der Waals surface area contributed by atoms with Crippen molar-refractivity contribution in [3.8, 4) is 17.0 Å². The van der Waals surface area contributed by atoms with Crippen molar-refractivity contribution in [3.63, 3.8) is 0 Å². The fourth-order valence-electron chi connectivity index (χ4n) is 2.66. The molecule has 0 fully saturated rings. The van der Waals surface area contributed by atoms with Gasteiger partial charge in [-0.25, -0.2) is 14.8 Å². The van der Waals surface area contributed by atoms with Crippen molar-refractivity contribution < 1.29 is 32.9 Å². The molecule has 7 nitrogen and oxygen atoms in total. The molecule has 1 heterocycles. The fourth-order valence-corrected chi connectivity index (χ4v) is 2.66. The molecule has 0 aliphatic heterocycles. The van der Waals surface area contributed by atoms with E-state index in [1.54, 1.807) is 0 Å². The summed E-state index contributed by atoms with van der Waals surface area (Å²) in [4.78, 5) is 17.5. The van der Waals surface area contributed by atoms with Gasteiger partial charge in [0.1, 0.15) is 17.9 Å². The van der Waals surface area contributed by atoms with Gasteiger partial charge in [-0.05, 0) is 36.2 Å². The predicted octanol–water partition coefficient (Wildman–Crippen LogP) is 5.10. The Hall–Kier alpha value is -3.66. The minimum atomic E-state index is -5.08. The van der Waals surface area contributed by atoms with Crippen molar-refractivity contribution in [2.24, 2.45) is 0 Å². The summed E-state index contributed by atoms with van der Waals surface area (Å²) in [6, 6.07) is 19.3. The fraction of sp³-hybridized carbons (Fsp3) is 0.292. The molecule has 0 saturated carbocycles. The van der Waals surface area contributed by atoms with Gasteiger partial charge in [-0.3, -0.25) is 0 Å². The van der Waals surface area contributed by atoms with Crippen molar-refractivity contribution in [3.05, 3.63) is 72.6 Å². The van der Waals surface area contributed by atoms with Crippen LogP contribution < -0.4 is 10.1 Å². The van der Waals surface area contributed by atoms with E-state index in [0.29, 0.717) is 12.4 Å². The molecule has 10 heteroatoms. The monoisotopic (exact) mass is 477 g/mol. The number of benzene rings is 2. The summed E-state index contributed by atoms with van der Waals surface area (Å²) in [6.45, 7) is 3.26. The van der Waals surface area contributed by atoms with Crippen LogP contribution in [0.3, 0.4) is 0 Å². The number of carboxylic acid groups (broad SMARTS) is 1. The Bertz CT molecular complexity index is 1020. The number of aliphatic hydroxyl groups is 1. The van der Waals surface area contributed by atoms with Crippen molar-refractivity contribution in [1.29, 1.82) is 0 Å². The van der Waals surface area contributed by atoms with Crippen LogP contribution in [-0.4, -0.2) is 45.5 Å². The number of halogens is 3. The molecule has 0 saturated heterocycles. The van der Waals surface area contributed by atoms with Crippen LogP contribution in [0.1, 0.15) is 31.4 Å². The first-order valence-electron chi connectivity index (χ1n) is 10.5. The van der Waals surface area contributed by atoms with Crippen LogP contribution in [-0.2, 0) is 4.79 Å². The third-order valence-electron chi connectivity index (χ3n) is 4.49. The van der Waals surface area contributed by atoms with E-state index < -0.39 is 18.2 Å². The molecule has 34 heavy (non-hydrogen) atoms. The zero-order chi connectivity index (χ0) is 25.0. The number of carboxylic acids is 1. The molecule has 0 spiro atoms. The molecule has 2 aromatic carbocycles. The highest BCUT2D eigenvalue weighted by Crippen LogP contribution is 2.22. The van der Waals surface area contributed by atoms with Gasteiger partial charge in [-0.1, -0.05) is 43.7 Å². The number of unbranched alkanes of at least 4 members (excludes halogenated alkanes) is 1. The van der Waals surface area contributed by atoms with E-state index in [1.807, 2.05) is 60.7 Å². The lowest BCUT2D eigenvalue weighted by Gasteiger charge is -2.13. The summed E-state index contributed by atoms with van der Waals surface area (Å²) in [5, 5.41) is 20.6. The maximum atomic E-state index is 10.6. The minimum Gasteiger partial charge on any atom is -0.494 e. The molecule has 3 N–H and O–H groups in total. The molecule has 0 amide bonds. The lowest BCUT2D eigenvalue weighted by atomic mass is 10.1. The highest BCUT2D eigenvalue weighted by Gasteiger charge is 2.38. The Kier molecular flexibility index (Phi) is 10.3. The summed E-state index contributed by atoms with van der Waals surface area (Å²) in [5.41, 5.74) is 2.69. The van der Waals surface area contributed by atoms with E-state index in [4.69, 9.17) is 14.6 Å². The first kappa shape index (κ1) is 26.6. The van der Waals surface area contributed by atoms with E-state index in [9.17, 15) is 18.3 Å². The number of carbonyl (C=O) groups is 1. The van der Waals surface area contributed by atoms with E-state index in [-0.39, 0.29) is 0 Å². The largest absolute Gasteiger partial charge is 0.494 e. The van der Waals surface area contributed by atoms with Crippen LogP contribution in [0, 0.1) is 0 Å². The lowest BCUT2D eigenvalue weighted by Crippen LogP contribution is -2.21. The molecule has 1 aromatic heterocycles. The van der Waals surface area contributed by atoms with Gasteiger partial charge in [-0.15, -0.1) is 0 Å². The second-order valence-corrected chi connectivity index (χ2v) is 7.13. The highest BCUT2D eigenvalue weighted by molar-refractivity contribution is 5.73. The molecule has 3 rings (SSSR count). The SMILES string of the molecule is CCCCOc1ccc(-c2cc(NC[C@H](O)c3ccccc3)ncn2)cc1.O=C(O)C(F)(F)F. The second kappa shape index (κ2) is 13.1. The Morgan fingerprint density at radius 1 is 1.09 bits per heavy atom. The maximum absolute atomic E-state index is 10.6. The van der Waals surface area contributed by atoms with E-state index in [0.717, 1.165) is 42.0 Å². The second-order valence-electron chi connectivity index (χ2n) is 7.13. The van der Waals surface area contributed by atoms with Gasteiger partial charge in [-0.2, -0.15) is 13.2 Å². The maximum Gasteiger partial charge on any atom is 0.490 e. The van der Waals surface area contributed by atoms with Gasteiger partial charge < -0.3 is 20.3 Å². The third kappa shape index (κ3) is 9.07. The third-order valence-corrected chi connectivity index (χ3v) is 4.49.